The fourth-order valence-corrected chi connectivity index (χ4v) is 1.62. The second kappa shape index (κ2) is 7.04. The molecule has 1 aromatic rings. The van der Waals surface area contributed by atoms with Gasteiger partial charge in [0.25, 0.3) is 5.69 Å². The molecule has 0 bridgehead atoms. The number of hydrogen-bond acceptors (Lipinski definition) is 6. The lowest BCUT2D eigenvalue weighted by atomic mass is 9.99. The Hall–Kier alpha value is -2.90. The van der Waals surface area contributed by atoms with Crippen LogP contribution in [0, 0.1) is 10.1 Å². The Morgan fingerprint density at radius 2 is 2.00 bits per heavy atom. The first-order chi connectivity index (χ1) is 9.90. The molecular formula is C13H14N2O6. The fourth-order valence-electron chi connectivity index (χ4n) is 1.62. The van der Waals surface area contributed by atoms with Crippen LogP contribution in [0.25, 0.3) is 0 Å². The zero-order chi connectivity index (χ0) is 16.0. The first kappa shape index (κ1) is 16.2. The van der Waals surface area contributed by atoms with E-state index in [-0.39, 0.29) is 11.3 Å². The van der Waals surface area contributed by atoms with Gasteiger partial charge in [-0.05, 0) is 5.56 Å². The molecule has 0 aliphatic carbocycles. The van der Waals surface area contributed by atoms with Gasteiger partial charge in [-0.25, -0.2) is 9.59 Å². The molecule has 1 unspecified atom stereocenters. The Labute approximate surface area is 120 Å². The Morgan fingerprint density at radius 1 is 1.33 bits per heavy atom. The van der Waals surface area contributed by atoms with E-state index < -0.39 is 23.0 Å². The number of amides is 1. The molecule has 1 amide bonds. The largest absolute Gasteiger partial charge is 0.466 e. The van der Waals surface area contributed by atoms with Crippen LogP contribution in [0.5, 0.6) is 0 Å². The summed E-state index contributed by atoms with van der Waals surface area (Å²) in [5.41, 5.74) is 0.0511. The number of nitro benzene ring substituents is 1. The first-order valence-electron chi connectivity index (χ1n) is 5.76. The lowest BCUT2D eigenvalue weighted by molar-refractivity contribution is -0.384. The fraction of sp³-hybridized carbons (Fsp3) is 0.231. The molecular weight excluding hydrogens is 280 g/mol. The van der Waals surface area contributed by atoms with Crippen molar-refractivity contribution in [2.24, 2.45) is 0 Å². The molecule has 0 aliphatic rings. The summed E-state index contributed by atoms with van der Waals surface area (Å²) in [5, 5.41) is 13.2. The molecule has 1 N–H and O–H groups in total. The number of esters is 1. The monoisotopic (exact) mass is 294 g/mol. The average Bonchev–Trinajstić information content (AvgIpc) is 2.50. The molecule has 0 aromatic heterocycles. The SMILES string of the molecule is C=C(C(=O)OC)C(NC(=O)OC)c1cccc([N+](=O)[O-])c1. The van der Waals surface area contributed by atoms with Crippen molar-refractivity contribution in [3.8, 4) is 0 Å². The summed E-state index contributed by atoms with van der Waals surface area (Å²) in [6.07, 6.45) is -0.809. The highest BCUT2D eigenvalue weighted by molar-refractivity contribution is 5.90. The Balaban J connectivity index is 3.19. The molecule has 0 aliphatic heterocycles. The zero-order valence-electron chi connectivity index (χ0n) is 11.5. The number of methoxy groups -OCH3 is 2. The maximum atomic E-state index is 11.6. The van der Waals surface area contributed by atoms with Gasteiger partial charge in [0.2, 0.25) is 0 Å². The minimum atomic E-state index is -0.996. The van der Waals surface area contributed by atoms with E-state index in [4.69, 9.17) is 0 Å². The minimum Gasteiger partial charge on any atom is -0.466 e. The predicted molar refractivity (Wildman–Crippen MR) is 72.5 cm³/mol. The van der Waals surface area contributed by atoms with Gasteiger partial charge >= 0.3 is 12.1 Å². The summed E-state index contributed by atoms with van der Waals surface area (Å²) < 4.78 is 9.01. The van der Waals surface area contributed by atoms with Crippen LogP contribution in [0.2, 0.25) is 0 Å². The van der Waals surface area contributed by atoms with Gasteiger partial charge in [0.1, 0.15) is 0 Å². The second-order valence-corrected chi connectivity index (χ2v) is 3.94. The van der Waals surface area contributed by atoms with E-state index >= 15 is 0 Å². The summed E-state index contributed by atoms with van der Waals surface area (Å²) in [6, 6.07) is 4.48. The van der Waals surface area contributed by atoms with Gasteiger partial charge < -0.3 is 14.8 Å². The smallest absolute Gasteiger partial charge is 0.407 e. The molecule has 0 saturated heterocycles. The maximum absolute atomic E-state index is 11.6. The molecule has 1 rings (SSSR count). The lowest BCUT2D eigenvalue weighted by Gasteiger charge is -2.19. The van der Waals surface area contributed by atoms with E-state index in [0.29, 0.717) is 5.56 Å². The second-order valence-electron chi connectivity index (χ2n) is 3.94. The summed E-state index contributed by atoms with van der Waals surface area (Å²) in [4.78, 5) is 33.1. The van der Waals surface area contributed by atoms with Crippen LogP contribution in [0.3, 0.4) is 0 Å². The van der Waals surface area contributed by atoms with E-state index in [1.54, 1.807) is 0 Å². The van der Waals surface area contributed by atoms with E-state index in [1.165, 1.54) is 24.3 Å². The number of rotatable bonds is 5. The summed E-state index contributed by atoms with van der Waals surface area (Å²) in [6.45, 7) is 3.55. The molecule has 0 fully saturated rings. The van der Waals surface area contributed by atoms with Crippen molar-refractivity contribution < 1.29 is 24.0 Å². The number of carbonyl (C=O) groups is 2. The van der Waals surface area contributed by atoms with Gasteiger partial charge in [-0.1, -0.05) is 18.7 Å². The van der Waals surface area contributed by atoms with Gasteiger partial charge in [0, 0.05) is 12.1 Å². The van der Waals surface area contributed by atoms with E-state index in [9.17, 15) is 19.7 Å². The molecule has 8 heteroatoms. The molecule has 0 saturated carbocycles. The normalized spacial score (nSPS) is 11.1. The quantitative estimate of drug-likeness (QED) is 0.383. The van der Waals surface area contributed by atoms with Crippen molar-refractivity contribution in [3.05, 3.63) is 52.1 Å². The number of alkyl carbamates (subject to hydrolysis) is 1. The minimum absolute atomic E-state index is 0.0802. The highest BCUT2D eigenvalue weighted by Gasteiger charge is 2.25. The predicted octanol–water partition coefficient (Wildman–Crippen LogP) is 1.72. The van der Waals surface area contributed by atoms with Crippen molar-refractivity contribution in [2.75, 3.05) is 14.2 Å². The molecule has 0 heterocycles. The summed E-state index contributed by atoms with van der Waals surface area (Å²) >= 11 is 0. The van der Waals surface area contributed by atoms with Crippen LogP contribution in [0.1, 0.15) is 11.6 Å². The number of nitro groups is 1. The third-order valence-electron chi connectivity index (χ3n) is 2.66. The van der Waals surface area contributed by atoms with Crippen LogP contribution < -0.4 is 5.32 Å². The molecule has 112 valence electrons. The zero-order valence-corrected chi connectivity index (χ0v) is 11.5. The van der Waals surface area contributed by atoms with Crippen molar-refractivity contribution in [1.29, 1.82) is 0 Å². The number of ether oxygens (including phenoxy) is 2. The summed E-state index contributed by atoms with van der Waals surface area (Å²) in [5.74, 6) is -0.747. The van der Waals surface area contributed by atoms with Gasteiger partial charge in [0.05, 0.1) is 30.8 Å². The van der Waals surface area contributed by atoms with E-state index in [2.05, 4.69) is 21.4 Å². The van der Waals surface area contributed by atoms with Crippen molar-refractivity contribution >= 4 is 17.7 Å². The number of non-ortho nitro benzene ring substituents is 1. The number of benzene rings is 1. The Kier molecular flexibility index (Phi) is 5.41. The number of nitrogens with one attached hydrogen (secondary N) is 1. The van der Waals surface area contributed by atoms with Crippen LogP contribution in [0.4, 0.5) is 10.5 Å². The first-order valence-corrected chi connectivity index (χ1v) is 5.76. The number of carbonyl (C=O) groups excluding carboxylic acids is 2. The maximum Gasteiger partial charge on any atom is 0.407 e. The highest BCUT2D eigenvalue weighted by atomic mass is 16.6. The van der Waals surface area contributed by atoms with E-state index in [0.717, 1.165) is 14.2 Å². The Bertz CT molecular complexity index is 584. The third kappa shape index (κ3) is 4.03. The van der Waals surface area contributed by atoms with Gasteiger partial charge in [0.15, 0.2) is 0 Å². The molecule has 0 spiro atoms. The van der Waals surface area contributed by atoms with E-state index in [1.807, 2.05) is 0 Å². The topological polar surface area (TPSA) is 108 Å². The Morgan fingerprint density at radius 3 is 2.52 bits per heavy atom. The molecule has 0 radical (unpaired) electrons. The number of nitrogens with zero attached hydrogens (tertiary/aromatic N) is 1. The van der Waals surface area contributed by atoms with Crippen LogP contribution in [-0.4, -0.2) is 31.2 Å². The average molecular weight is 294 g/mol. The lowest BCUT2D eigenvalue weighted by Crippen LogP contribution is -2.31. The number of hydrogen-bond donors (Lipinski definition) is 1. The summed E-state index contributed by atoms with van der Waals surface area (Å²) in [7, 11) is 2.32. The van der Waals surface area contributed by atoms with Crippen molar-refractivity contribution in [2.45, 2.75) is 6.04 Å². The van der Waals surface area contributed by atoms with Crippen molar-refractivity contribution in [1.82, 2.24) is 5.32 Å². The highest BCUT2D eigenvalue weighted by Crippen LogP contribution is 2.25. The third-order valence-corrected chi connectivity index (χ3v) is 2.66. The van der Waals surface area contributed by atoms with Gasteiger partial charge in [-0.15, -0.1) is 0 Å². The molecule has 21 heavy (non-hydrogen) atoms. The van der Waals surface area contributed by atoms with Crippen LogP contribution in [-0.2, 0) is 14.3 Å². The molecule has 8 nitrogen and oxygen atoms in total. The molecule has 1 aromatic carbocycles. The van der Waals surface area contributed by atoms with Crippen LogP contribution in [0.15, 0.2) is 36.4 Å². The van der Waals surface area contributed by atoms with Crippen molar-refractivity contribution in [3.63, 3.8) is 0 Å². The standard InChI is InChI=1S/C13H14N2O6/c1-8(12(16)20-2)11(14-13(17)21-3)9-5-4-6-10(7-9)15(18)19/h4-7,11H,1H2,2-3H3,(H,14,17). The van der Waals surface area contributed by atoms with Gasteiger partial charge in [-0.2, -0.15) is 0 Å². The van der Waals surface area contributed by atoms with Crippen LogP contribution >= 0.6 is 0 Å². The molecule has 1 atom stereocenters. The van der Waals surface area contributed by atoms with Gasteiger partial charge in [-0.3, -0.25) is 10.1 Å².